The molecule has 0 spiro atoms. The number of phenolic OH excluding ortho intramolecular Hbond substituents is 1. The highest BCUT2D eigenvalue weighted by atomic mass is 32.1. The van der Waals surface area contributed by atoms with Crippen LogP contribution in [0.25, 0.3) is 5.69 Å². The van der Waals surface area contributed by atoms with E-state index < -0.39 is 0 Å². The molecule has 1 aliphatic heterocycles. The zero-order chi connectivity index (χ0) is 24.0. The van der Waals surface area contributed by atoms with E-state index in [1.54, 1.807) is 12.3 Å². The third kappa shape index (κ3) is 3.74. The fourth-order valence-electron chi connectivity index (χ4n) is 5.16. The lowest BCUT2D eigenvalue weighted by molar-refractivity contribution is 0.472. The average molecular weight is 469 g/mol. The highest BCUT2D eigenvalue weighted by Gasteiger charge is 2.43. The van der Waals surface area contributed by atoms with Gasteiger partial charge in [0.1, 0.15) is 5.75 Å². The molecule has 172 valence electrons. The van der Waals surface area contributed by atoms with Gasteiger partial charge in [-0.25, -0.2) is 0 Å². The van der Waals surface area contributed by atoms with Crippen LogP contribution in [-0.2, 0) is 0 Å². The van der Waals surface area contributed by atoms with Crippen molar-refractivity contribution < 1.29 is 5.11 Å². The number of aromatic hydroxyl groups is 1. The molecule has 1 saturated heterocycles. The minimum Gasteiger partial charge on any atom is -0.506 e. The SMILES string of the molecule is Cc1cc(C)cc(-n2c(C)cc(C3C(c4ccccn4)NC(=S)N3c3ccccc3O)c2C)c1. The van der Waals surface area contributed by atoms with E-state index >= 15 is 0 Å². The monoisotopic (exact) mass is 468 g/mol. The summed E-state index contributed by atoms with van der Waals surface area (Å²) in [7, 11) is 0. The Kier molecular flexibility index (Phi) is 5.62. The molecule has 1 fully saturated rings. The van der Waals surface area contributed by atoms with Gasteiger partial charge in [0.2, 0.25) is 0 Å². The summed E-state index contributed by atoms with van der Waals surface area (Å²) in [5, 5.41) is 14.8. The molecule has 2 atom stereocenters. The van der Waals surface area contributed by atoms with Gasteiger partial charge in [-0.3, -0.25) is 4.98 Å². The van der Waals surface area contributed by atoms with Crippen molar-refractivity contribution in [3.63, 3.8) is 0 Å². The molecule has 0 radical (unpaired) electrons. The van der Waals surface area contributed by atoms with E-state index in [2.05, 4.69) is 66.8 Å². The summed E-state index contributed by atoms with van der Waals surface area (Å²) >= 11 is 5.82. The lowest BCUT2D eigenvalue weighted by atomic mass is 9.96. The number of hydrogen-bond acceptors (Lipinski definition) is 3. The second-order valence-corrected chi connectivity index (χ2v) is 9.38. The zero-order valence-corrected chi connectivity index (χ0v) is 20.6. The predicted octanol–water partition coefficient (Wildman–Crippen LogP) is 5.99. The number of anilines is 1. The van der Waals surface area contributed by atoms with Crippen LogP contribution in [0.2, 0.25) is 0 Å². The molecule has 6 heteroatoms. The van der Waals surface area contributed by atoms with Crippen molar-refractivity contribution in [2.45, 2.75) is 39.8 Å². The van der Waals surface area contributed by atoms with E-state index in [4.69, 9.17) is 12.2 Å². The quantitative estimate of drug-likeness (QED) is 0.361. The molecule has 3 heterocycles. The van der Waals surface area contributed by atoms with Gasteiger partial charge >= 0.3 is 0 Å². The van der Waals surface area contributed by atoms with Gasteiger partial charge in [0.15, 0.2) is 5.11 Å². The van der Waals surface area contributed by atoms with Gasteiger partial charge in [0.25, 0.3) is 0 Å². The Hall–Kier alpha value is -3.64. The Morgan fingerprint density at radius 3 is 2.29 bits per heavy atom. The van der Waals surface area contributed by atoms with E-state index in [0.717, 1.165) is 28.3 Å². The molecule has 4 aromatic rings. The van der Waals surface area contributed by atoms with Gasteiger partial charge in [-0.2, -0.15) is 0 Å². The molecule has 5 rings (SSSR count). The maximum Gasteiger partial charge on any atom is 0.174 e. The molecule has 0 bridgehead atoms. The van der Waals surface area contributed by atoms with Gasteiger partial charge in [-0.1, -0.05) is 24.3 Å². The fourth-order valence-corrected chi connectivity index (χ4v) is 5.50. The van der Waals surface area contributed by atoms with E-state index in [1.807, 2.05) is 41.3 Å². The van der Waals surface area contributed by atoms with Crippen LogP contribution in [0.1, 0.15) is 45.9 Å². The molecule has 2 unspecified atom stereocenters. The summed E-state index contributed by atoms with van der Waals surface area (Å²) in [6, 6.07) is 21.8. The Balaban J connectivity index is 1.71. The average Bonchev–Trinajstić information content (AvgIpc) is 3.29. The van der Waals surface area contributed by atoms with Gasteiger partial charge < -0.3 is 19.9 Å². The topological polar surface area (TPSA) is 53.3 Å². The molecule has 0 amide bonds. The maximum absolute atomic E-state index is 10.7. The number of aryl methyl sites for hydroxylation is 3. The molecule has 5 nitrogen and oxygen atoms in total. The summed E-state index contributed by atoms with van der Waals surface area (Å²) in [4.78, 5) is 6.67. The molecule has 34 heavy (non-hydrogen) atoms. The summed E-state index contributed by atoms with van der Waals surface area (Å²) < 4.78 is 2.30. The third-order valence-electron chi connectivity index (χ3n) is 6.49. The molecular formula is C28H28N4OS. The lowest BCUT2D eigenvalue weighted by Gasteiger charge is -2.28. The number of phenols is 1. The van der Waals surface area contributed by atoms with Crippen LogP contribution in [0.15, 0.2) is 72.9 Å². The van der Waals surface area contributed by atoms with E-state index in [0.29, 0.717) is 10.8 Å². The highest BCUT2D eigenvalue weighted by Crippen LogP contribution is 2.45. The van der Waals surface area contributed by atoms with Crippen molar-refractivity contribution in [1.82, 2.24) is 14.9 Å². The number of thiocarbonyl (C=S) groups is 1. The van der Waals surface area contributed by atoms with Crippen LogP contribution in [0.5, 0.6) is 5.75 Å². The number of aromatic nitrogens is 2. The van der Waals surface area contributed by atoms with Gasteiger partial charge in [-0.15, -0.1) is 0 Å². The molecule has 2 aromatic heterocycles. The van der Waals surface area contributed by atoms with Crippen LogP contribution in [0, 0.1) is 27.7 Å². The summed E-state index contributed by atoms with van der Waals surface area (Å²) in [5.74, 6) is 0.196. The molecule has 2 N–H and O–H groups in total. The van der Waals surface area contributed by atoms with Crippen molar-refractivity contribution in [1.29, 1.82) is 0 Å². The first kappa shape index (κ1) is 22.2. The zero-order valence-electron chi connectivity index (χ0n) is 19.8. The van der Waals surface area contributed by atoms with E-state index in [9.17, 15) is 5.11 Å². The number of nitrogens with zero attached hydrogens (tertiary/aromatic N) is 3. The van der Waals surface area contributed by atoms with Crippen molar-refractivity contribution >= 4 is 23.0 Å². The molecule has 0 aliphatic carbocycles. The van der Waals surface area contributed by atoms with Crippen molar-refractivity contribution in [2.75, 3.05) is 4.90 Å². The summed E-state index contributed by atoms with van der Waals surface area (Å²) in [5.41, 5.74) is 8.62. The van der Waals surface area contributed by atoms with Crippen LogP contribution in [0.4, 0.5) is 5.69 Å². The smallest absolute Gasteiger partial charge is 0.174 e. The second kappa shape index (κ2) is 8.61. The first-order valence-electron chi connectivity index (χ1n) is 11.4. The Morgan fingerprint density at radius 1 is 0.912 bits per heavy atom. The first-order chi connectivity index (χ1) is 16.3. The number of rotatable bonds is 4. The Labute approximate surface area is 205 Å². The molecule has 2 aromatic carbocycles. The van der Waals surface area contributed by atoms with Crippen LogP contribution >= 0.6 is 12.2 Å². The first-order valence-corrected chi connectivity index (χ1v) is 11.8. The van der Waals surface area contributed by atoms with Gasteiger partial charge in [0, 0.05) is 23.3 Å². The molecule has 0 saturated carbocycles. The van der Waals surface area contributed by atoms with E-state index in [-0.39, 0.29) is 17.8 Å². The minimum atomic E-state index is -0.179. The summed E-state index contributed by atoms with van der Waals surface area (Å²) in [6.45, 7) is 8.54. The predicted molar refractivity (Wildman–Crippen MR) is 141 cm³/mol. The minimum absolute atomic E-state index is 0.165. The standard InChI is InChI=1S/C28H28N4OS/c1-17-13-18(2)15-21(14-17)31-19(3)16-22(20(31)4)27-26(23-9-7-8-12-29-23)30-28(34)32(27)24-10-5-6-11-25(24)33/h5-16,26-27,33H,1-4H3,(H,30,34). The highest BCUT2D eigenvalue weighted by molar-refractivity contribution is 7.80. The van der Waals surface area contributed by atoms with Crippen LogP contribution in [-0.4, -0.2) is 19.8 Å². The van der Waals surface area contributed by atoms with Crippen molar-refractivity contribution in [3.8, 4) is 11.4 Å². The maximum atomic E-state index is 10.7. The van der Waals surface area contributed by atoms with Gasteiger partial charge in [0.05, 0.1) is 23.5 Å². The number of para-hydroxylation sites is 2. The third-order valence-corrected chi connectivity index (χ3v) is 6.81. The Morgan fingerprint density at radius 2 is 1.62 bits per heavy atom. The summed E-state index contributed by atoms with van der Waals surface area (Å²) in [6.07, 6.45) is 1.80. The number of benzene rings is 2. The number of nitrogens with one attached hydrogen (secondary N) is 1. The number of hydrogen-bond donors (Lipinski definition) is 2. The van der Waals surface area contributed by atoms with Gasteiger partial charge in [-0.05, 0) is 99.1 Å². The van der Waals surface area contributed by atoms with Crippen molar-refractivity contribution in [2.24, 2.45) is 0 Å². The fraction of sp³-hybridized carbons (Fsp3) is 0.214. The normalized spacial score (nSPS) is 17.8. The van der Waals surface area contributed by atoms with Crippen molar-refractivity contribution in [3.05, 3.63) is 107 Å². The largest absolute Gasteiger partial charge is 0.506 e. The molecular weight excluding hydrogens is 440 g/mol. The Bertz CT molecular complexity index is 1360. The lowest BCUT2D eigenvalue weighted by Crippen LogP contribution is -2.29. The van der Waals surface area contributed by atoms with Crippen LogP contribution < -0.4 is 10.2 Å². The van der Waals surface area contributed by atoms with E-state index in [1.165, 1.54) is 11.1 Å². The molecule has 1 aliphatic rings. The number of pyridine rings is 1. The second-order valence-electron chi connectivity index (χ2n) is 8.99. The van der Waals surface area contributed by atoms with Crippen LogP contribution in [0.3, 0.4) is 0 Å².